The van der Waals surface area contributed by atoms with E-state index in [1.165, 1.54) is 29.2 Å². The first-order chi connectivity index (χ1) is 89.9. The summed E-state index contributed by atoms with van der Waals surface area (Å²) < 4.78 is 381. The van der Waals surface area contributed by atoms with Crippen molar-refractivity contribution in [2.24, 2.45) is 0 Å². The van der Waals surface area contributed by atoms with E-state index in [4.69, 9.17) is 59.9 Å². The number of rotatable bonds is 19. The Morgan fingerprint density at radius 3 is 0.863 bits per heavy atom. The molecular formula is C140H95N3O3. The van der Waals surface area contributed by atoms with Gasteiger partial charge in [-0.05, 0) is 238 Å². The Kier molecular flexibility index (Phi) is 14.5. The summed E-state index contributed by atoms with van der Waals surface area (Å²) in [5.41, 5.74) is 13.0. The first-order valence-electron chi connectivity index (χ1n) is 67.3. The van der Waals surface area contributed by atoms with Gasteiger partial charge in [0.1, 0.15) is 33.5 Å². The highest BCUT2D eigenvalue weighted by Gasteiger charge is 2.24. The molecule has 0 fully saturated rings. The van der Waals surface area contributed by atoms with Crippen LogP contribution in [-0.2, 0) is 0 Å². The molecule has 0 saturated carbocycles. The molecule has 0 aliphatic heterocycles. The van der Waals surface area contributed by atoms with E-state index in [1.807, 2.05) is 127 Å². The molecule has 0 spiro atoms. The largest absolute Gasteiger partial charge is 0.455 e. The molecule has 0 aliphatic rings. The molecule has 0 bridgehead atoms. The molecule has 3 heterocycles. The van der Waals surface area contributed by atoms with E-state index < -0.39 is 263 Å². The predicted molar refractivity (Wildman–Crippen MR) is 615 cm³/mol. The Labute approximate surface area is 907 Å². The highest BCUT2D eigenvalue weighted by atomic mass is 16.3. The molecule has 0 aliphatic carbocycles. The van der Waals surface area contributed by atoms with Gasteiger partial charge in [-0.2, -0.15) is 0 Å². The first-order valence-corrected chi connectivity index (χ1v) is 46.3. The van der Waals surface area contributed by atoms with Crippen molar-refractivity contribution in [3.8, 4) is 111 Å². The molecule has 0 radical (unpaired) electrons. The summed E-state index contributed by atoms with van der Waals surface area (Å²) in [4.78, 5) is 4.57. The number of hydrogen-bond acceptors (Lipinski definition) is 6. The van der Waals surface area contributed by atoms with Crippen LogP contribution in [0.4, 0.5) is 51.2 Å². The Balaban J connectivity index is 0.000000139. The van der Waals surface area contributed by atoms with E-state index in [0.29, 0.717) is 77.9 Å². The van der Waals surface area contributed by atoms with Gasteiger partial charge in [-0.15, -0.1) is 0 Å². The SMILES string of the molecule is [2H]c1c([2H])c([2H])c(-c2c([2H])c([2H])c(N(c3ccc(-c4cccc5c4oc4c(-c6ccccc6)cccc45)cc3)c3c([2H])c([2H])c(-c4c([2H])c([2H])c([2H])c([2H])c4[2H])c([2H])c3[2H])c([2H])c2[2H])c([2H])c1[2H].[2H]c1c([2H])c([2H])c(-c2ccc(-c3ccc(N(c4ccc(-c5c([2H])c([2H])c([2H])c6c([2H])c([2H])c([2H])c([2H])c56)cc4)c4c([2H])c([2H])c([2H])c([2H])c4[2H])cc3)c3oc4ccccc4c23)c([2H])c1[2H].[2H]c1c([2H])c([2H])c2c(-c3ccc(N(c4ccc(-c5ccccc5)cc4)c4ccc(-c5cccc6c5oc5ccccc56)cc4)cc3)c([2H])c([2H])c([2H])c2c1[2H]. The second kappa shape index (κ2) is 39.4. The average molecular weight is 1910 g/mol. The molecule has 688 valence electrons. The molecule has 0 atom stereocenters. The average Bonchev–Trinajstić information content (AvgIpc) is 1.23. The minimum atomic E-state index is -0.849. The van der Waals surface area contributed by atoms with Crippen LogP contribution in [-0.4, -0.2) is 0 Å². The van der Waals surface area contributed by atoms with Crippen LogP contribution in [0, 0.1) is 0 Å². The van der Waals surface area contributed by atoms with Crippen molar-refractivity contribution in [2.75, 3.05) is 14.7 Å². The number of hydrogen-bond donors (Lipinski definition) is 0. The maximum Gasteiger partial charge on any atom is 0.143 e. The van der Waals surface area contributed by atoms with Gasteiger partial charge in [-0.3, -0.25) is 0 Å². The normalized spacial score (nSPS) is 15.3. The Morgan fingerprint density at radius 1 is 0.137 bits per heavy atom. The molecule has 27 aromatic rings. The second-order valence-corrected chi connectivity index (χ2v) is 33.7. The fourth-order valence-corrected chi connectivity index (χ4v) is 18.3. The maximum absolute atomic E-state index is 9.37. The number of nitrogens with zero attached hydrogens (tertiary/aromatic N) is 3. The lowest BCUT2D eigenvalue weighted by Crippen LogP contribution is -2.09. The van der Waals surface area contributed by atoms with Crippen molar-refractivity contribution in [2.45, 2.75) is 0 Å². The lowest BCUT2D eigenvalue weighted by Gasteiger charge is -2.26. The first kappa shape index (κ1) is 53.8. The van der Waals surface area contributed by atoms with Crippen molar-refractivity contribution in [1.82, 2.24) is 0 Å². The van der Waals surface area contributed by atoms with Gasteiger partial charge in [-0.25, -0.2) is 0 Å². The zero-order valence-electron chi connectivity index (χ0n) is 119. The summed E-state index contributed by atoms with van der Waals surface area (Å²) in [5, 5.41) is 4.70. The minimum absolute atomic E-state index is 0.00427. The predicted octanol–water partition coefficient (Wildman–Crippen LogP) is 40.1. The van der Waals surface area contributed by atoms with Gasteiger partial charge in [-0.1, -0.05) is 448 Å². The molecule has 0 saturated heterocycles. The molecule has 24 aromatic carbocycles. The van der Waals surface area contributed by atoms with Gasteiger partial charge >= 0.3 is 0 Å². The Bertz CT molecular complexity index is 11900. The molecule has 146 heavy (non-hydrogen) atoms. The highest BCUT2D eigenvalue weighted by molar-refractivity contribution is 6.17. The third kappa shape index (κ3) is 17.3. The van der Waals surface area contributed by atoms with Crippen LogP contribution in [0.2, 0.25) is 0 Å². The molecule has 0 amide bonds. The molecule has 6 heteroatoms. The van der Waals surface area contributed by atoms with Crippen LogP contribution in [0.3, 0.4) is 0 Å². The smallest absolute Gasteiger partial charge is 0.143 e. The van der Waals surface area contributed by atoms with Crippen molar-refractivity contribution < 1.29 is 70.8 Å². The Hall–Kier alpha value is -19.4. The molecule has 0 N–H and O–H groups in total. The van der Waals surface area contributed by atoms with E-state index in [1.54, 1.807) is 91.0 Å². The lowest BCUT2D eigenvalue weighted by atomic mass is 9.94. The van der Waals surface area contributed by atoms with Gasteiger partial charge in [0.2, 0.25) is 0 Å². The van der Waals surface area contributed by atoms with E-state index in [0.717, 1.165) is 88.1 Å². The van der Waals surface area contributed by atoms with Gasteiger partial charge < -0.3 is 28.0 Å². The Morgan fingerprint density at radius 2 is 0.418 bits per heavy atom. The second-order valence-electron chi connectivity index (χ2n) is 33.7. The number of para-hydroxylation sites is 6. The van der Waals surface area contributed by atoms with Crippen LogP contribution in [0.1, 0.15) is 57.6 Å². The standard InChI is InChI=1S/C48H33NO.2C46H31NO/c1-4-12-34(13-5-1)36-22-28-40(29-23-36)49(41-30-24-37(25-31-41)35-14-6-2-7-15-35)42-32-26-39(27-33-42)44-19-11-21-46-45-20-10-18-43(47(45)50-48(44)46)38-16-8-3-9-17-38;1-3-12-33(13-4-1)41-30-31-42(46-45(41)43-19-9-10-21-44(43)48-46)35-24-28-38(29-25-35)47(36-16-5-2-6-17-36)37-26-22-34(23-27-37)40-20-11-15-32-14-7-8-18-39(32)40;1-2-10-32(11-3-1)33-20-26-37(27-21-33)47(38-28-22-35(23-29-38)41-16-8-13-34-12-4-5-14-40(34)41)39-30-24-36(25-31-39)42-17-9-18-44-43-15-6-7-19-45(43)48-46(42)44/h1-33H;2*1-31H/i1D,2D,4D,5D,6D,7D,12D,13D,14D,15D,22D,23D,24D,25D,28D,29D,30D,31D;1D,2D,3D,4D,5D,6D,7D,8D,11D,12D,13D,14D,15D,16D,17D,18D,20D;4D,5D,8D,12D,13D,14D,16D. The monoisotopic (exact) mass is 1910 g/mol. The number of benzene rings is 24. The summed E-state index contributed by atoms with van der Waals surface area (Å²) in [5.74, 6) is 0. The van der Waals surface area contributed by atoms with Crippen LogP contribution in [0.25, 0.3) is 199 Å². The highest BCUT2D eigenvalue weighted by Crippen LogP contribution is 2.49. The summed E-state index contributed by atoms with van der Waals surface area (Å²) in [6, 6.07) is 73.8. The van der Waals surface area contributed by atoms with Crippen LogP contribution < -0.4 is 14.7 Å². The molecule has 0 unspecified atom stereocenters. The van der Waals surface area contributed by atoms with E-state index in [2.05, 4.69) is 83.8 Å². The lowest BCUT2D eigenvalue weighted by molar-refractivity contribution is 0.669. The van der Waals surface area contributed by atoms with Gasteiger partial charge in [0.25, 0.3) is 0 Å². The fraction of sp³-hybridized carbons (Fsp3) is 0. The topological polar surface area (TPSA) is 49.1 Å². The summed E-state index contributed by atoms with van der Waals surface area (Å²) in [7, 11) is 0. The molecule has 3 aromatic heterocycles. The van der Waals surface area contributed by atoms with Crippen LogP contribution >= 0.6 is 0 Å². The van der Waals surface area contributed by atoms with Crippen LogP contribution in [0.5, 0.6) is 0 Å². The molecule has 27 rings (SSSR count). The van der Waals surface area contributed by atoms with E-state index >= 15 is 0 Å². The summed E-state index contributed by atoms with van der Waals surface area (Å²) in [6.07, 6.45) is 0. The van der Waals surface area contributed by atoms with E-state index in [-0.39, 0.29) is 79.3 Å². The maximum atomic E-state index is 9.37. The zero-order chi connectivity index (χ0) is 134. The van der Waals surface area contributed by atoms with Crippen LogP contribution in [0.15, 0.2) is 589 Å². The van der Waals surface area contributed by atoms with Crippen molar-refractivity contribution in [3.05, 3.63) is 575 Å². The van der Waals surface area contributed by atoms with E-state index in [9.17, 15) is 11.0 Å². The van der Waals surface area contributed by atoms with Gasteiger partial charge in [0.15, 0.2) is 0 Å². The third-order valence-electron chi connectivity index (χ3n) is 25.2. The van der Waals surface area contributed by atoms with Gasteiger partial charge in [0, 0.05) is 106 Å². The third-order valence-corrected chi connectivity index (χ3v) is 25.2. The minimum Gasteiger partial charge on any atom is -0.455 e. The number of anilines is 9. The van der Waals surface area contributed by atoms with Crippen molar-refractivity contribution >= 4 is 139 Å². The fourth-order valence-electron chi connectivity index (χ4n) is 18.3. The summed E-state index contributed by atoms with van der Waals surface area (Å²) >= 11 is 0. The number of fused-ring (bicyclic) bond motifs is 11. The van der Waals surface area contributed by atoms with Gasteiger partial charge in [0.05, 0.1) is 57.6 Å². The van der Waals surface area contributed by atoms with Crippen molar-refractivity contribution in [1.29, 1.82) is 0 Å². The zero-order valence-corrected chi connectivity index (χ0v) is 76.7. The molecule has 6 nitrogen and oxygen atoms in total. The quantitative estimate of drug-likeness (QED) is 0.0804. The summed E-state index contributed by atoms with van der Waals surface area (Å²) in [6.45, 7) is 0. The number of furan rings is 3. The van der Waals surface area contributed by atoms with Crippen molar-refractivity contribution in [3.63, 3.8) is 0 Å². The molecular weight excluding hydrogens is 1770 g/mol.